The summed E-state index contributed by atoms with van der Waals surface area (Å²) in [6.45, 7) is 3.75. The second kappa shape index (κ2) is 4.73. The Hall–Kier alpha value is -1.64. The molecule has 1 amide bonds. The molecule has 0 heterocycles. The predicted octanol–water partition coefficient (Wildman–Crippen LogP) is 1.54. The van der Waals surface area contributed by atoms with E-state index in [0.29, 0.717) is 0 Å². The van der Waals surface area contributed by atoms with Gasteiger partial charge >= 0.3 is 0 Å². The minimum absolute atomic E-state index is 0.128. The molecule has 0 saturated heterocycles. The summed E-state index contributed by atoms with van der Waals surface area (Å²) in [7, 11) is 0. The lowest BCUT2D eigenvalue weighted by Crippen LogP contribution is -2.20. The van der Waals surface area contributed by atoms with Gasteiger partial charge in [0.1, 0.15) is 5.78 Å². The van der Waals surface area contributed by atoms with E-state index in [0.717, 1.165) is 11.1 Å². The van der Waals surface area contributed by atoms with Crippen LogP contribution in [0.1, 0.15) is 30.4 Å². The molecular formula is C12H15NO2. The molecule has 1 atom stereocenters. The Labute approximate surface area is 89.3 Å². The maximum atomic E-state index is 11.6. The van der Waals surface area contributed by atoms with E-state index in [-0.39, 0.29) is 18.1 Å². The largest absolute Gasteiger partial charge is 0.369 e. The molecule has 0 aliphatic rings. The van der Waals surface area contributed by atoms with Crippen molar-refractivity contribution in [3.8, 4) is 0 Å². The van der Waals surface area contributed by atoms with Gasteiger partial charge in [0.15, 0.2) is 0 Å². The van der Waals surface area contributed by atoms with Crippen molar-refractivity contribution in [2.24, 2.45) is 5.73 Å². The van der Waals surface area contributed by atoms with Crippen LogP contribution >= 0.6 is 0 Å². The molecule has 3 nitrogen and oxygen atoms in total. The zero-order valence-electron chi connectivity index (χ0n) is 8.99. The second-order valence-corrected chi connectivity index (χ2v) is 3.69. The Bertz CT molecular complexity index is 385. The molecule has 0 bridgehead atoms. The Balaban J connectivity index is 2.85. The summed E-state index contributed by atoms with van der Waals surface area (Å²) in [4.78, 5) is 22.2. The van der Waals surface area contributed by atoms with Gasteiger partial charge in [-0.25, -0.2) is 0 Å². The molecule has 2 N–H and O–H groups in total. The van der Waals surface area contributed by atoms with Crippen molar-refractivity contribution in [1.29, 1.82) is 0 Å². The van der Waals surface area contributed by atoms with E-state index >= 15 is 0 Å². The Kier molecular flexibility index (Phi) is 3.61. The van der Waals surface area contributed by atoms with Gasteiger partial charge in [-0.3, -0.25) is 9.59 Å². The highest BCUT2D eigenvalue weighted by Gasteiger charge is 2.18. The van der Waals surface area contributed by atoms with Crippen LogP contribution in [0.15, 0.2) is 24.3 Å². The topological polar surface area (TPSA) is 60.2 Å². The lowest BCUT2D eigenvalue weighted by Gasteiger charge is -2.12. The molecule has 1 aromatic carbocycles. The van der Waals surface area contributed by atoms with Crippen molar-refractivity contribution in [3.05, 3.63) is 35.4 Å². The molecule has 1 rings (SSSR count). The molecule has 0 aliphatic carbocycles. The number of rotatable bonds is 4. The lowest BCUT2D eigenvalue weighted by atomic mass is 9.91. The fourth-order valence-corrected chi connectivity index (χ4v) is 1.57. The molecule has 0 unspecified atom stereocenters. The summed E-state index contributed by atoms with van der Waals surface area (Å²) in [5, 5.41) is 0. The zero-order valence-corrected chi connectivity index (χ0v) is 8.99. The summed E-state index contributed by atoms with van der Waals surface area (Å²) in [5.74, 6) is -0.962. The summed E-state index contributed by atoms with van der Waals surface area (Å²) >= 11 is 0. The van der Waals surface area contributed by atoms with Crippen molar-refractivity contribution < 1.29 is 9.59 Å². The van der Waals surface area contributed by atoms with E-state index in [9.17, 15) is 9.59 Å². The summed E-state index contributed by atoms with van der Waals surface area (Å²) < 4.78 is 0. The van der Waals surface area contributed by atoms with E-state index in [1.54, 1.807) is 6.92 Å². The van der Waals surface area contributed by atoms with Crippen LogP contribution in [0, 0.1) is 6.92 Å². The van der Waals surface area contributed by atoms with Crippen LogP contribution in [0.25, 0.3) is 0 Å². The van der Waals surface area contributed by atoms with Crippen molar-refractivity contribution >= 4 is 11.7 Å². The highest BCUT2D eigenvalue weighted by Crippen LogP contribution is 2.20. The van der Waals surface area contributed by atoms with Gasteiger partial charge in [0.2, 0.25) is 5.91 Å². The van der Waals surface area contributed by atoms with Crippen LogP contribution in [0.2, 0.25) is 0 Å². The van der Waals surface area contributed by atoms with Crippen molar-refractivity contribution in [2.75, 3.05) is 0 Å². The van der Waals surface area contributed by atoms with E-state index in [1.807, 2.05) is 31.2 Å². The number of ketones is 1. The monoisotopic (exact) mass is 205 g/mol. The van der Waals surface area contributed by atoms with Crippen molar-refractivity contribution in [3.63, 3.8) is 0 Å². The van der Waals surface area contributed by atoms with Gasteiger partial charge < -0.3 is 5.73 Å². The fourth-order valence-electron chi connectivity index (χ4n) is 1.57. The van der Waals surface area contributed by atoms with Gasteiger partial charge in [-0.1, -0.05) is 31.2 Å². The molecule has 0 aliphatic heterocycles. The molecule has 0 saturated carbocycles. The third-order valence-corrected chi connectivity index (χ3v) is 2.49. The lowest BCUT2D eigenvalue weighted by molar-refractivity contribution is -0.127. The number of nitrogens with two attached hydrogens (primary N) is 1. The van der Waals surface area contributed by atoms with E-state index in [4.69, 9.17) is 5.73 Å². The highest BCUT2D eigenvalue weighted by molar-refractivity contribution is 6.00. The van der Waals surface area contributed by atoms with E-state index in [1.165, 1.54) is 0 Å². The number of hydrogen-bond acceptors (Lipinski definition) is 2. The normalized spacial score (nSPS) is 12.1. The van der Waals surface area contributed by atoms with Crippen molar-refractivity contribution in [1.82, 2.24) is 0 Å². The summed E-state index contributed by atoms with van der Waals surface area (Å²) in [6, 6.07) is 7.66. The van der Waals surface area contributed by atoms with Gasteiger partial charge in [0.25, 0.3) is 0 Å². The molecule has 0 aromatic heterocycles. The predicted molar refractivity (Wildman–Crippen MR) is 58.4 cm³/mol. The number of carbonyl (C=O) groups is 2. The second-order valence-electron chi connectivity index (χ2n) is 3.69. The summed E-state index contributed by atoms with van der Waals surface area (Å²) in [6.07, 6.45) is -0.185. The Morgan fingerprint density at radius 2 is 1.93 bits per heavy atom. The number of aryl methyl sites for hydroxylation is 1. The van der Waals surface area contributed by atoms with Crippen LogP contribution in [0.4, 0.5) is 0 Å². The number of Topliss-reactive ketones (excluding diaryl/α,β-unsaturated/α-hetero) is 1. The Morgan fingerprint density at radius 1 is 1.33 bits per heavy atom. The third kappa shape index (κ3) is 2.91. The number of amides is 1. The van der Waals surface area contributed by atoms with Gasteiger partial charge in [-0.05, 0) is 18.1 Å². The Morgan fingerprint density at radius 3 is 2.47 bits per heavy atom. The first-order valence-corrected chi connectivity index (χ1v) is 4.89. The van der Waals surface area contributed by atoms with E-state index in [2.05, 4.69) is 0 Å². The molecule has 0 radical (unpaired) electrons. The SMILES string of the molecule is Cc1ccccc1[C@H](C)C(=O)CC(N)=O. The first kappa shape index (κ1) is 11.4. The van der Waals surface area contributed by atoms with Crippen LogP contribution in [0.3, 0.4) is 0 Å². The minimum Gasteiger partial charge on any atom is -0.369 e. The number of hydrogen-bond donors (Lipinski definition) is 1. The maximum Gasteiger partial charge on any atom is 0.224 e. The molecule has 15 heavy (non-hydrogen) atoms. The molecule has 1 aromatic rings. The fraction of sp³-hybridized carbons (Fsp3) is 0.333. The van der Waals surface area contributed by atoms with Crippen LogP contribution < -0.4 is 5.73 Å². The van der Waals surface area contributed by atoms with Gasteiger partial charge in [0.05, 0.1) is 6.42 Å². The van der Waals surface area contributed by atoms with Crippen LogP contribution in [-0.2, 0) is 9.59 Å². The average Bonchev–Trinajstić information content (AvgIpc) is 2.16. The van der Waals surface area contributed by atoms with Gasteiger partial charge in [0, 0.05) is 5.92 Å². The van der Waals surface area contributed by atoms with E-state index < -0.39 is 5.91 Å². The van der Waals surface area contributed by atoms with Crippen LogP contribution in [-0.4, -0.2) is 11.7 Å². The minimum atomic E-state index is -0.569. The molecule has 80 valence electrons. The summed E-state index contributed by atoms with van der Waals surface area (Å²) in [5.41, 5.74) is 7.01. The quantitative estimate of drug-likeness (QED) is 0.758. The highest BCUT2D eigenvalue weighted by atomic mass is 16.2. The maximum absolute atomic E-state index is 11.6. The first-order valence-electron chi connectivity index (χ1n) is 4.89. The van der Waals surface area contributed by atoms with Gasteiger partial charge in [-0.2, -0.15) is 0 Å². The molecule has 0 spiro atoms. The molecular weight excluding hydrogens is 190 g/mol. The standard InChI is InChI=1S/C12H15NO2/c1-8-5-3-4-6-10(8)9(2)11(14)7-12(13)15/h3-6,9H,7H2,1-2H3,(H2,13,15)/t9-/m0/s1. The smallest absolute Gasteiger partial charge is 0.224 e. The number of primary amides is 1. The average molecular weight is 205 g/mol. The van der Waals surface area contributed by atoms with Crippen LogP contribution in [0.5, 0.6) is 0 Å². The van der Waals surface area contributed by atoms with Gasteiger partial charge in [-0.15, -0.1) is 0 Å². The first-order chi connectivity index (χ1) is 7.02. The number of carbonyl (C=O) groups excluding carboxylic acids is 2. The third-order valence-electron chi connectivity index (χ3n) is 2.49. The molecule has 3 heteroatoms. The van der Waals surface area contributed by atoms with Crippen molar-refractivity contribution in [2.45, 2.75) is 26.2 Å². The molecule has 0 fully saturated rings. The zero-order chi connectivity index (χ0) is 11.4. The number of benzene rings is 1.